The minimum absolute atomic E-state index is 0.480. The molecule has 0 bridgehead atoms. The molecule has 0 spiro atoms. The SMILES string of the molecule is CCCCOP(=O)(CCCC=S)OCCCC. The average Bonchev–Trinajstić information content (AvgIpc) is 2.30. The minimum atomic E-state index is -2.87. The van der Waals surface area contributed by atoms with Crippen LogP contribution in [0.3, 0.4) is 0 Å². The Morgan fingerprint density at radius 3 is 2.00 bits per heavy atom. The van der Waals surface area contributed by atoms with Crippen LogP contribution in [-0.4, -0.2) is 24.7 Å². The Hall–Kier alpha value is 0.240. The molecule has 0 N–H and O–H groups in total. The van der Waals surface area contributed by atoms with Crippen LogP contribution in [0.15, 0.2) is 0 Å². The Balaban J connectivity index is 4.04. The lowest BCUT2D eigenvalue weighted by atomic mass is 10.4. The first kappa shape index (κ1) is 17.2. The van der Waals surface area contributed by atoms with Gasteiger partial charge in [0.05, 0.1) is 19.4 Å². The molecule has 0 aliphatic carbocycles. The zero-order valence-corrected chi connectivity index (χ0v) is 12.7. The summed E-state index contributed by atoms with van der Waals surface area (Å²) in [4.78, 5) is 0. The predicted molar refractivity (Wildman–Crippen MR) is 77.1 cm³/mol. The van der Waals surface area contributed by atoms with Crippen LogP contribution in [0.2, 0.25) is 0 Å². The fraction of sp³-hybridized carbons (Fsp3) is 0.917. The molecular weight excluding hydrogens is 255 g/mol. The summed E-state index contributed by atoms with van der Waals surface area (Å²) in [5.41, 5.74) is 0. The number of thiocarbonyl (C=S) groups is 1. The molecule has 0 unspecified atom stereocenters. The maximum Gasteiger partial charge on any atom is 0.330 e. The van der Waals surface area contributed by atoms with Gasteiger partial charge < -0.3 is 9.05 Å². The largest absolute Gasteiger partial charge is 0.330 e. The second-order valence-electron chi connectivity index (χ2n) is 4.02. The van der Waals surface area contributed by atoms with Crippen molar-refractivity contribution in [3.8, 4) is 0 Å². The van der Waals surface area contributed by atoms with Crippen molar-refractivity contribution >= 4 is 25.2 Å². The molecular formula is C12H25O3PS. The van der Waals surface area contributed by atoms with Gasteiger partial charge in [0.15, 0.2) is 0 Å². The molecule has 0 heterocycles. The van der Waals surface area contributed by atoms with E-state index < -0.39 is 7.60 Å². The topological polar surface area (TPSA) is 35.5 Å². The van der Waals surface area contributed by atoms with Crippen molar-refractivity contribution in [1.29, 1.82) is 0 Å². The van der Waals surface area contributed by atoms with Crippen LogP contribution in [0, 0.1) is 0 Å². The first-order valence-corrected chi connectivity index (χ1v) is 8.70. The quantitative estimate of drug-likeness (QED) is 0.297. The normalized spacial score (nSPS) is 11.6. The molecule has 102 valence electrons. The number of unbranched alkanes of at least 4 members (excludes halogenated alkanes) is 3. The molecule has 0 aromatic rings. The van der Waals surface area contributed by atoms with Gasteiger partial charge in [-0.2, -0.15) is 0 Å². The first-order chi connectivity index (χ1) is 8.18. The molecule has 0 saturated carbocycles. The molecule has 0 aromatic carbocycles. The van der Waals surface area contributed by atoms with Crippen LogP contribution in [0.4, 0.5) is 0 Å². The van der Waals surface area contributed by atoms with Crippen molar-refractivity contribution in [2.45, 2.75) is 52.4 Å². The number of hydrogen-bond acceptors (Lipinski definition) is 4. The van der Waals surface area contributed by atoms with Crippen LogP contribution in [-0.2, 0) is 13.6 Å². The summed E-state index contributed by atoms with van der Waals surface area (Å²) >= 11 is 4.76. The van der Waals surface area contributed by atoms with Gasteiger partial charge in [-0.25, -0.2) is 0 Å². The molecule has 0 radical (unpaired) electrons. The van der Waals surface area contributed by atoms with Gasteiger partial charge in [-0.15, -0.1) is 0 Å². The highest BCUT2D eigenvalue weighted by Gasteiger charge is 2.23. The Kier molecular flexibility index (Phi) is 11.5. The molecule has 0 atom stereocenters. The summed E-state index contributed by atoms with van der Waals surface area (Å²) in [6.45, 7) is 5.21. The van der Waals surface area contributed by atoms with Crippen molar-refractivity contribution in [2.24, 2.45) is 0 Å². The standard InChI is InChI=1S/C12H25O3PS/c1-3-5-9-14-16(13,11-7-8-12-17)15-10-6-4-2/h12H,3-11H2,1-2H3. The number of hydrogen-bond donors (Lipinski definition) is 0. The third-order valence-electron chi connectivity index (χ3n) is 2.33. The van der Waals surface area contributed by atoms with Crippen LogP contribution in [0.5, 0.6) is 0 Å². The van der Waals surface area contributed by atoms with Gasteiger partial charge >= 0.3 is 7.60 Å². The van der Waals surface area contributed by atoms with E-state index in [0.29, 0.717) is 19.4 Å². The summed E-state index contributed by atoms with van der Waals surface area (Å²) in [5, 5.41) is 1.67. The van der Waals surface area contributed by atoms with E-state index in [1.165, 1.54) is 0 Å². The smallest absolute Gasteiger partial charge is 0.309 e. The lowest BCUT2D eigenvalue weighted by Crippen LogP contribution is -2.03. The van der Waals surface area contributed by atoms with E-state index in [1.807, 2.05) is 0 Å². The Morgan fingerprint density at radius 1 is 1.06 bits per heavy atom. The van der Waals surface area contributed by atoms with Crippen molar-refractivity contribution in [3.05, 3.63) is 0 Å². The van der Waals surface area contributed by atoms with Gasteiger partial charge in [0.2, 0.25) is 0 Å². The van der Waals surface area contributed by atoms with Gasteiger partial charge in [-0.3, -0.25) is 4.57 Å². The lowest BCUT2D eigenvalue weighted by Gasteiger charge is -2.18. The van der Waals surface area contributed by atoms with Gasteiger partial charge in [0.1, 0.15) is 0 Å². The van der Waals surface area contributed by atoms with E-state index >= 15 is 0 Å². The Bertz CT molecular complexity index is 220. The monoisotopic (exact) mass is 280 g/mol. The first-order valence-electron chi connectivity index (χ1n) is 6.50. The van der Waals surface area contributed by atoms with Crippen LogP contribution >= 0.6 is 19.8 Å². The molecule has 0 aliphatic rings. The molecule has 3 nitrogen and oxygen atoms in total. The van der Waals surface area contributed by atoms with E-state index in [4.69, 9.17) is 21.3 Å². The summed E-state index contributed by atoms with van der Waals surface area (Å²) in [6, 6.07) is 0. The molecule has 5 heteroatoms. The fourth-order valence-corrected chi connectivity index (χ4v) is 3.11. The summed E-state index contributed by atoms with van der Waals surface area (Å²) in [7, 11) is -2.87. The summed E-state index contributed by atoms with van der Waals surface area (Å²) in [6.07, 6.45) is 5.96. The van der Waals surface area contributed by atoms with Crippen molar-refractivity contribution in [3.63, 3.8) is 0 Å². The third kappa shape index (κ3) is 9.90. The van der Waals surface area contributed by atoms with Gasteiger partial charge in [0, 0.05) is 0 Å². The molecule has 0 saturated heterocycles. The van der Waals surface area contributed by atoms with E-state index in [9.17, 15) is 4.57 Å². The molecule has 17 heavy (non-hydrogen) atoms. The molecule has 0 aromatic heterocycles. The zero-order chi connectivity index (χ0) is 13.0. The highest BCUT2D eigenvalue weighted by Crippen LogP contribution is 2.49. The Labute approximate surface area is 111 Å². The van der Waals surface area contributed by atoms with Crippen LogP contribution in [0.1, 0.15) is 52.4 Å². The third-order valence-corrected chi connectivity index (χ3v) is 4.58. The summed E-state index contributed by atoms with van der Waals surface area (Å²) in [5.74, 6) is 0. The molecule has 0 aliphatic heterocycles. The lowest BCUT2D eigenvalue weighted by molar-refractivity contribution is 0.199. The van der Waals surface area contributed by atoms with Crippen molar-refractivity contribution in [1.82, 2.24) is 0 Å². The Morgan fingerprint density at radius 2 is 1.59 bits per heavy atom. The van der Waals surface area contributed by atoms with Gasteiger partial charge in [-0.05, 0) is 31.1 Å². The highest BCUT2D eigenvalue weighted by molar-refractivity contribution is 7.78. The number of rotatable bonds is 12. The van der Waals surface area contributed by atoms with Crippen LogP contribution in [0.25, 0.3) is 0 Å². The molecule has 0 fully saturated rings. The van der Waals surface area contributed by atoms with E-state index in [-0.39, 0.29) is 0 Å². The predicted octanol–water partition coefficient (Wildman–Crippen LogP) is 4.59. The molecule has 0 rings (SSSR count). The van der Waals surface area contributed by atoms with Gasteiger partial charge in [-0.1, -0.05) is 38.9 Å². The van der Waals surface area contributed by atoms with Crippen LogP contribution < -0.4 is 0 Å². The minimum Gasteiger partial charge on any atom is -0.309 e. The summed E-state index contributed by atoms with van der Waals surface area (Å²) < 4.78 is 23.2. The zero-order valence-electron chi connectivity index (χ0n) is 11.0. The fourth-order valence-electron chi connectivity index (χ4n) is 1.23. The van der Waals surface area contributed by atoms with Crippen molar-refractivity contribution < 1.29 is 13.6 Å². The highest BCUT2D eigenvalue weighted by atomic mass is 32.1. The maximum absolute atomic E-state index is 12.3. The second-order valence-corrected chi connectivity index (χ2v) is 6.54. The van der Waals surface area contributed by atoms with Gasteiger partial charge in [0.25, 0.3) is 0 Å². The van der Waals surface area contributed by atoms with Crippen molar-refractivity contribution in [2.75, 3.05) is 19.4 Å². The second kappa shape index (κ2) is 11.3. The van der Waals surface area contributed by atoms with E-state index in [0.717, 1.165) is 38.5 Å². The van der Waals surface area contributed by atoms with E-state index in [2.05, 4.69) is 13.8 Å². The maximum atomic E-state index is 12.3. The molecule has 0 amide bonds. The average molecular weight is 280 g/mol. The van der Waals surface area contributed by atoms with E-state index in [1.54, 1.807) is 5.37 Å².